The van der Waals surface area contributed by atoms with E-state index in [1.165, 1.54) is 18.4 Å². The Morgan fingerprint density at radius 1 is 1.42 bits per heavy atom. The van der Waals surface area contributed by atoms with Gasteiger partial charge in [0.05, 0.1) is 13.2 Å². The largest absolute Gasteiger partial charge is 0.496 e. The van der Waals surface area contributed by atoms with Gasteiger partial charge in [-0.15, -0.1) is 12.4 Å². The van der Waals surface area contributed by atoms with E-state index in [0.717, 1.165) is 24.4 Å². The zero-order chi connectivity index (χ0) is 16.8. The lowest BCUT2D eigenvalue weighted by molar-refractivity contribution is -0.123. The molecule has 24 heavy (non-hydrogen) atoms. The number of carbonyl (C=O) groups is 1. The SMILES string of the molecule is COc1ccc(C)cc1C(C)NC(=O)CC(C)C1CCCNC1.Cl. The fourth-order valence-corrected chi connectivity index (χ4v) is 3.39. The van der Waals surface area contributed by atoms with Gasteiger partial charge in [0.2, 0.25) is 5.91 Å². The summed E-state index contributed by atoms with van der Waals surface area (Å²) in [6, 6.07) is 6.02. The molecule has 1 saturated heterocycles. The van der Waals surface area contributed by atoms with Crippen LogP contribution in [0.1, 0.15) is 50.3 Å². The molecule has 3 unspecified atom stereocenters. The van der Waals surface area contributed by atoms with Crippen molar-refractivity contribution >= 4 is 18.3 Å². The normalized spacial score (nSPS) is 19.8. The number of benzene rings is 1. The summed E-state index contributed by atoms with van der Waals surface area (Å²) >= 11 is 0. The number of halogens is 1. The molecule has 1 heterocycles. The zero-order valence-electron chi connectivity index (χ0n) is 15.2. The van der Waals surface area contributed by atoms with Crippen molar-refractivity contribution in [2.24, 2.45) is 11.8 Å². The summed E-state index contributed by atoms with van der Waals surface area (Å²) in [5, 5.41) is 6.56. The van der Waals surface area contributed by atoms with Crippen LogP contribution >= 0.6 is 12.4 Å². The van der Waals surface area contributed by atoms with Crippen LogP contribution in [0.25, 0.3) is 0 Å². The summed E-state index contributed by atoms with van der Waals surface area (Å²) in [4.78, 5) is 12.4. The van der Waals surface area contributed by atoms with Gasteiger partial charge in [0.25, 0.3) is 0 Å². The fraction of sp³-hybridized carbons (Fsp3) is 0.632. The van der Waals surface area contributed by atoms with Crippen LogP contribution in [0.2, 0.25) is 0 Å². The van der Waals surface area contributed by atoms with E-state index in [2.05, 4.69) is 30.5 Å². The van der Waals surface area contributed by atoms with E-state index in [0.29, 0.717) is 18.3 Å². The minimum atomic E-state index is -0.0472. The third kappa shape index (κ3) is 5.67. The first-order chi connectivity index (χ1) is 11.0. The molecule has 1 aliphatic rings. The van der Waals surface area contributed by atoms with Crippen LogP contribution in [0.4, 0.5) is 0 Å². The van der Waals surface area contributed by atoms with E-state index in [-0.39, 0.29) is 24.4 Å². The van der Waals surface area contributed by atoms with Crippen molar-refractivity contribution in [2.45, 2.75) is 46.1 Å². The van der Waals surface area contributed by atoms with Crippen LogP contribution in [0.3, 0.4) is 0 Å². The maximum absolute atomic E-state index is 12.4. The lowest BCUT2D eigenvalue weighted by atomic mass is 9.85. The van der Waals surface area contributed by atoms with Crippen molar-refractivity contribution in [3.8, 4) is 5.75 Å². The fourth-order valence-electron chi connectivity index (χ4n) is 3.39. The average molecular weight is 355 g/mol. The van der Waals surface area contributed by atoms with Gasteiger partial charge in [-0.05, 0) is 57.7 Å². The summed E-state index contributed by atoms with van der Waals surface area (Å²) in [7, 11) is 1.67. The van der Waals surface area contributed by atoms with Crippen LogP contribution in [0.5, 0.6) is 5.75 Å². The van der Waals surface area contributed by atoms with Gasteiger partial charge in [-0.1, -0.05) is 24.6 Å². The number of aryl methyl sites for hydroxylation is 1. The molecule has 4 nitrogen and oxygen atoms in total. The lowest BCUT2D eigenvalue weighted by Crippen LogP contribution is -2.36. The number of methoxy groups -OCH3 is 1. The molecule has 0 bridgehead atoms. The predicted octanol–water partition coefficient (Wildman–Crippen LogP) is 3.63. The van der Waals surface area contributed by atoms with Crippen molar-refractivity contribution in [2.75, 3.05) is 20.2 Å². The molecule has 1 amide bonds. The topological polar surface area (TPSA) is 50.4 Å². The second kappa shape index (κ2) is 9.90. The molecule has 5 heteroatoms. The molecule has 1 aliphatic heterocycles. The average Bonchev–Trinajstić information content (AvgIpc) is 2.55. The molecule has 0 aromatic heterocycles. The van der Waals surface area contributed by atoms with Crippen LogP contribution in [-0.4, -0.2) is 26.1 Å². The first-order valence-corrected chi connectivity index (χ1v) is 8.66. The molecular formula is C19H31ClN2O2. The molecule has 1 aromatic rings. The number of carbonyl (C=O) groups excluding carboxylic acids is 1. The molecule has 1 aromatic carbocycles. The number of hydrogen-bond acceptors (Lipinski definition) is 3. The van der Waals surface area contributed by atoms with Gasteiger partial charge in [-0.2, -0.15) is 0 Å². The molecule has 136 valence electrons. The van der Waals surface area contributed by atoms with E-state index in [1.807, 2.05) is 19.1 Å². The van der Waals surface area contributed by atoms with Crippen LogP contribution < -0.4 is 15.4 Å². The van der Waals surface area contributed by atoms with Gasteiger partial charge in [-0.3, -0.25) is 4.79 Å². The predicted molar refractivity (Wildman–Crippen MR) is 101 cm³/mol. The molecule has 3 atom stereocenters. The van der Waals surface area contributed by atoms with E-state index < -0.39 is 0 Å². The Morgan fingerprint density at radius 2 is 2.17 bits per heavy atom. The van der Waals surface area contributed by atoms with Gasteiger partial charge in [0, 0.05) is 12.0 Å². The Kier molecular flexibility index (Phi) is 8.57. The van der Waals surface area contributed by atoms with E-state index in [1.54, 1.807) is 7.11 Å². The Morgan fingerprint density at radius 3 is 2.79 bits per heavy atom. The Labute approximate surface area is 152 Å². The van der Waals surface area contributed by atoms with E-state index in [9.17, 15) is 4.79 Å². The molecule has 1 fully saturated rings. The summed E-state index contributed by atoms with van der Waals surface area (Å²) in [6.07, 6.45) is 3.03. The summed E-state index contributed by atoms with van der Waals surface area (Å²) < 4.78 is 5.42. The lowest BCUT2D eigenvalue weighted by Gasteiger charge is -2.28. The maximum Gasteiger partial charge on any atom is 0.220 e. The standard InChI is InChI=1S/C19H30N2O2.ClH/c1-13-7-8-18(23-4)17(10-13)15(3)21-19(22)11-14(2)16-6-5-9-20-12-16;/h7-8,10,14-16,20H,5-6,9,11-12H2,1-4H3,(H,21,22);1H. The number of ether oxygens (including phenoxy) is 1. The van der Waals surface area contributed by atoms with Crippen LogP contribution in [0.15, 0.2) is 18.2 Å². The van der Waals surface area contributed by atoms with Crippen molar-refractivity contribution in [3.63, 3.8) is 0 Å². The van der Waals surface area contributed by atoms with Crippen molar-refractivity contribution in [1.29, 1.82) is 0 Å². The monoisotopic (exact) mass is 354 g/mol. The first-order valence-electron chi connectivity index (χ1n) is 8.66. The minimum Gasteiger partial charge on any atom is -0.496 e. The minimum absolute atomic E-state index is 0. The molecule has 0 radical (unpaired) electrons. The summed E-state index contributed by atoms with van der Waals surface area (Å²) in [5.41, 5.74) is 2.20. The number of piperidine rings is 1. The molecular weight excluding hydrogens is 324 g/mol. The number of rotatable bonds is 6. The van der Waals surface area contributed by atoms with Gasteiger partial charge in [0.1, 0.15) is 5.75 Å². The quantitative estimate of drug-likeness (QED) is 0.820. The van der Waals surface area contributed by atoms with Crippen molar-refractivity contribution in [3.05, 3.63) is 29.3 Å². The van der Waals surface area contributed by atoms with E-state index in [4.69, 9.17) is 4.74 Å². The summed E-state index contributed by atoms with van der Waals surface area (Å²) in [6.45, 7) is 8.40. The molecule has 0 spiro atoms. The Balaban J connectivity index is 0.00000288. The van der Waals surface area contributed by atoms with Crippen LogP contribution in [0, 0.1) is 18.8 Å². The maximum atomic E-state index is 12.4. The number of amides is 1. The van der Waals surface area contributed by atoms with Gasteiger partial charge < -0.3 is 15.4 Å². The van der Waals surface area contributed by atoms with E-state index >= 15 is 0 Å². The highest BCUT2D eigenvalue weighted by Gasteiger charge is 2.23. The third-order valence-corrected chi connectivity index (χ3v) is 4.88. The zero-order valence-corrected chi connectivity index (χ0v) is 16.0. The second-order valence-electron chi connectivity index (χ2n) is 6.82. The highest BCUT2D eigenvalue weighted by Crippen LogP contribution is 2.27. The van der Waals surface area contributed by atoms with Gasteiger partial charge in [0.15, 0.2) is 0 Å². The Hall–Kier alpha value is -1.26. The van der Waals surface area contributed by atoms with Crippen molar-refractivity contribution in [1.82, 2.24) is 10.6 Å². The summed E-state index contributed by atoms with van der Waals surface area (Å²) in [5.74, 6) is 1.97. The second-order valence-corrected chi connectivity index (χ2v) is 6.82. The molecule has 0 saturated carbocycles. The number of nitrogens with one attached hydrogen (secondary N) is 2. The highest BCUT2D eigenvalue weighted by atomic mass is 35.5. The Bertz CT molecular complexity index is 530. The number of hydrogen-bond donors (Lipinski definition) is 2. The molecule has 2 N–H and O–H groups in total. The third-order valence-electron chi connectivity index (χ3n) is 4.88. The van der Waals surface area contributed by atoms with Gasteiger partial charge in [-0.25, -0.2) is 0 Å². The highest BCUT2D eigenvalue weighted by molar-refractivity contribution is 5.85. The molecule has 2 rings (SSSR count). The van der Waals surface area contributed by atoms with Gasteiger partial charge >= 0.3 is 0 Å². The smallest absolute Gasteiger partial charge is 0.220 e. The van der Waals surface area contributed by atoms with Crippen LogP contribution in [-0.2, 0) is 4.79 Å². The first kappa shape index (κ1) is 20.8. The van der Waals surface area contributed by atoms with Crippen molar-refractivity contribution < 1.29 is 9.53 Å². The molecule has 0 aliphatic carbocycles.